The number of amides is 1. The van der Waals surface area contributed by atoms with E-state index in [4.69, 9.17) is 16.3 Å². The molecule has 1 fully saturated rings. The molecule has 0 unspecified atom stereocenters. The molecule has 1 saturated heterocycles. The number of hydrogen-bond acceptors (Lipinski definition) is 4. The van der Waals surface area contributed by atoms with E-state index in [1.54, 1.807) is 6.07 Å². The highest BCUT2D eigenvalue weighted by Crippen LogP contribution is 2.30. The molecule has 1 heterocycles. The highest BCUT2D eigenvalue weighted by Gasteiger charge is 2.32. The fourth-order valence-electron chi connectivity index (χ4n) is 3.44. The number of piperidine rings is 1. The Balaban J connectivity index is 1.65. The van der Waals surface area contributed by atoms with Gasteiger partial charge in [-0.15, -0.1) is 0 Å². The first-order valence-corrected chi connectivity index (χ1v) is 11.3. The van der Waals surface area contributed by atoms with E-state index in [0.717, 1.165) is 16.8 Å². The minimum Gasteiger partial charge on any atom is -0.495 e. The van der Waals surface area contributed by atoms with Crippen LogP contribution in [0.4, 0.5) is 5.69 Å². The number of rotatable bonds is 5. The summed E-state index contributed by atoms with van der Waals surface area (Å²) in [5, 5.41) is 3.23. The van der Waals surface area contributed by atoms with Crippen molar-refractivity contribution >= 4 is 33.2 Å². The number of sulfonamides is 1. The molecule has 0 aliphatic carbocycles. The molecule has 1 aliphatic heterocycles. The lowest BCUT2D eigenvalue weighted by atomic mass is 9.97. The zero-order valence-corrected chi connectivity index (χ0v) is 18.3. The summed E-state index contributed by atoms with van der Waals surface area (Å²) in [6.07, 6.45) is 0.944. The van der Waals surface area contributed by atoms with Crippen LogP contribution in [-0.4, -0.2) is 38.8 Å². The number of methoxy groups -OCH3 is 1. The van der Waals surface area contributed by atoms with E-state index in [1.165, 1.54) is 23.5 Å². The lowest BCUT2D eigenvalue weighted by molar-refractivity contribution is -0.120. The Hall–Kier alpha value is -2.09. The summed E-state index contributed by atoms with van der Waals surface area (Å²) >= 11 is 6.08. The molecule has 3 rings (SSSR count). The van der Waals surface area contributed by atoms with Crippen LogP contribution in [0.15, 0.2) is 41.3 Å². The van der Waals surface area contributed by atoms with Gasteiger partial charge in [0.25, 0.3) is 0 Å². The highest BCUT2D eigenvalue weighted by atomic mass is 35.5. The van der Waals surface area contributed by atoms with Crippen LogP contribution < -0.4 is 10.1 Å². The molecule has 8 heteroatoms. The molecule has 0 saturated carbocycles. The molecule has 29 heavy (non-hydrogen) atoms. The lowest BCUT2D eigenvalue weighted by Gasteiger charge is -2.30. The van der Waals surface area contributed by atoms with Gasteiger partial charge in [0.2, 0.25) is 15.9 Å². The molecule has 1 amide bonds. The van der Waals surface area contributed by atoms with Gasteiger partial charge in [0.05, 0.1) is 17.0 Å². The van der Waals surface area contributed by atoms with Gasteiger partial charge in [-0.25, -0.2) is 8.42 Å². The quantitative estimate of drug-likeness (QED) is 0.768. The van der Waals surface area contributed by atoms with E-state index in [9.17, 15) is 13.2 Å². The van der Waals surface area contributed by atoms with Gasteiger partial charge in [-0.2, -0.15) is 4.31 Å². The third kappa shape index (κ3) is 4.57. The summed E-state index contributed by atoms with van der Waals surface area (Å²) in [5.74, 6) is 0.136. The van der Waals surface area contributed by atoms with Crippen molar-refractivity contribution in [1.29, 1.82) is 0 Å². The number of carbonyl (C=O) groups is 1. The van der Waals surface area contributed by atoms with Crippen LogP contribution in [0.3, 0.4) is 0 Å². The largest absolute Gasteiger partial charge is 0.495 e. The number of nitrogens with zero attached hydrogens (tertiary/aromatic N) is 1. The molecule has 0 radical (unpaired) electrons. The molecule has 2 aromatic carbocycles. The van der Waals surface area contributed by atoms with E-state index in [1.807, 2.05) is 32.0 Å². The van der Waals surface area contributed by atoms with Crippen molar-refractivity contribution in [3.8, 4) is 5.75 Å². The van der Waals surface area contributed by atoms with E-state index in [-0.39, 0.29) is 34.8 Å². The van der Waals surface area contributed by atoms with E-state index < -0.39 is 10.0 Å². The van der Waals surface area contributed by atoms with Crippen molar-refractivity contribution in [2.45, 2.75) is 31.6 Å². The number of nitrogens with one attached hydrogen (secondary N) is 1. The Bertz CT molecular complexity index is 1020. The zero-order valence-electron chi connectivity index (χ0n) is 16.7. The summed E-state index contributed by atoms with van der Waals surface area (Å²) < 4.78 is 32.3. The number of anilines is 1. The number of ether oxygens (including phenoxy) is 1. The molecule has 1 N–H and O–H groups in total. The van der Waals surface area contributed by atoms with Crippen LogP contribution in [-0.2, 0) is 14.8 Å². The molecular weight excluding hydrogens is 412 g/mol. The van der Waals surface area contributed by atoms with Crippen LogP contribution in [0.2, 0.25) is 5.02 Å². The van der Waals surface area contributed by atoms with Crippen LogP contribution >= 0.6 is 11.6 Å². The van der Waals surface area contributed by atoms with Crippen LogP contribution in [0.5, 0.6) is 5.75 Å². The first-order valence-electron chi connectivity index (χ1n) is 9.45. The van der Waals surface area contributed by atoms with Gasteiger partial charge in [-0.3, -0.25) is 4.79 Å². The van der Waals surface area contributed by atoms with Crippen molar-refractivity contribution in [1.82, 2.24) is 4.31 Å². The fraction of sp³-hybridized carbons (Fsp3) is 0.381. The maximum atomic E-state index is 12.9. The van der Waals surface area contributed by atoms with Gasteiger partial charge < -0.3 is 10.1 Å². The van der Waals surface area contributed by atoms with Crippen LogP contribution in [0.25, 0.3) is 0 Å². The molecule has 156 valence electrons. The zero-order chi connectivity index (χ0) is 21.2. The number of hydrogen-bond donors (Lipinski definition) is 1. The van der Waals surface area contributed by atoms with Gasteiger partial charge in [0.15, 0.2) is 0 Å². The normalized spacial score (nSPS) is 15.9. The third-order valence-corrected chi connectivity index (χ3v) is 7.64. The lowest BCUT2D eigenvalue weighted by Crippen LogP contribution is -2.41. The minimum atomic E-state index is -3.67. The minimum absolute atomic E-state index is 0.0664. The van der Waals surface area contributed by atoms with Crippen molar-refractivity contribution in [2.75, 3.05) is 25.5 Å². The molecule has 0 atom stereocenters. The summed E-state index contributed by atoms with van der Waals surface area (Å²) in [7, 11) is -2.19. The first-order chi connectivity index (χ1) is 13.7. The maximum Gasteiger partial charge on any atom is 0.243 e. The van der Waals surface area contributed by atoms with Crippen molar-refractivity contribution in [3.05, 3.63) is 52.5 Å². The standard InChI is InChI=1S/C21H25ClN2O4S/c1-14-5-4-6-19(15(14)2)23-21(25)16-9-11-24(12-10-16)29(26,27)17-7-8-20(28-3)18(22)13-17/h4-8,13,16H,9-12H2,1-3H3,(H,23,25). The average Bonchev–Trinajstić information content (AvgIpc) is 2.71. The van der Waals surface area contributed by atoms with Crippen LogP contribution in [0, 0.1) is 19.8 Å². The Morgan fingerprint density at radius 3 is 2.48 bits per heavy atom. The predicted molar refractivity (Wildman–Crippen MR) is 114 cm³/mol. The molecule has 6 nitrogen and oxygen atoms in total. The summed E-state index contributed by atoms with van der Waals surface area (Å²) in [4.78, 5) is 12.8. The number of benzene rings is 2. The summed E-state index contributed by atoms with van der Waals surface area (Å²) in [6.45, 7) is 4.55. The Morgan fingerprint density at radius 2 is 1.86 bits per heavy atom. The van der Waals surface area contributed by atoms with Gasteiger partial charge in [0.1, 0.15) is 5.75 Å². The molecule has 0 aromatic heterocycles. The molecule has 0 bridgehead atoms. The SMILES string of the molecule is COc1ccc(S(=O)(=O)N2CCC(C(=O)Nc3cccc(C)c3C)CC2)cc1Cl. The maximum absolute atomic E-state index is 12.9. The van der Waals surface area contributed by atoms with E-state index in [0.29, 0.717) is 18.6 Å². The fourth-order valence-corrected chi connectivity index (χ4v) is 5.26. The second-order valence-corrected chi connectivity index (χ2v) is 9.56. The van der Waals surface area contributed by atoms with Crippen molar-refractivity contribution < 1.29 is 17.9 Å². The van der Waals surface area contributed by atoms with Gasteiger partial charge in [-0.1, -0.05) is 23.7 Å². The highest BCUT2D eigenvalue weighted by molar-refractivity contribution is 7.89. The van der Waals surface area contributed by atoms with Gasteiger partial charge in [-0.05, 0) is 62.1 Å². The molecule has 1 aliphatic rings. The number of aryl methyl sites for hydroxylation is 1. The summed E-state index contributed by atoms with van der Waals surface area (Å²) in [6, 6.07) is 10.2. The van der Waals surface area contributed by atoms with E-state index in [2.05, 4.69) is 5.32 Å². The third-order valence-electron chi connectivity index (χ3n) is 5.45. The second-order valence-electron chi connectivity index (χ2n) is 7.21. The topological polar surface area (TPSA) is 75.7 Å². The van der Waals surface area contributed by atoms with Gasteiger partial charge >= 0.3 is 0 Å². The predicted octanol–water partition coefficient (Wildman–Crippen LogP) is 4.00. The van der Waals surface area contributed by atoms with E-state index >= 15 is 0 Å². The molecule has 0 spiro atoms. The summed E-state index contributed by atoms with van der Waals surface area (Å²) in [5.41, 5.74) is 2.96. The molecular formula is C21H25ClN2O4S. The number of halogens is 1. The molecule has 2 aromatic rings. The van der Waals surface area contributed by atoms with Crippen molar-refractivity contribution in [2.24, 2.45) is 5.92 Å². The van der Waals surface area contributed by atoms with Crippen molar-refractivity contribution in [3.63, 3.8) is 0 Å². The Labute approximate surface area is 176 Å². The monoisotopic (exact) mass is 436 g/mol. The average molecular weight is 437 g/mol. The van der Waals surface area contributed by atoms with Gasteiger partial charge in [0, 0.05) is 24.7 Å². The second kappa shape index (κ2) is 8.73. The first kappa shape index (κ1) is 21.6. The Kier molecular flexibility index (Phi) is 6.51. The smallest absolute Gasteiger partial charge is 0.243 e. The number of carbonyl (C=O) groups excluding carboxylic acids is 1. The van der Waals surface area contributed by atoms with Crippen LogP contribution in [0.1, 0.15) is 24.0 Å². The Morgan fingerprint density at radius 1 is 1.17 bits per heavy atom.